The van der Waals surface area contributed by atoms with E-state index in [0.29, 0.717) is 0 Å². The number of aliphatic imine (C=N–C) groups is 1. The minimum Gasteiger partial charge on any atom is -0.405 e. The van der Waals surface area contributed by atoms with Gasteiger partial charge in [0.15, 0.2) is 5.82 Å². The molecule has 0 aliphatic rings. The number of aromatic nitrogens is 3. The van der Waals surface area contributed by atoms with Gasteiger partial charge in [-0.25, -0.2) is 19.3 Å². The van der Waals surface area contributed by atoms with Crippen LogP contribution in [0, 0.1) is 19.7 Å². The van der Waals surface area contributed by atoms with Crippen LogP contribution in [0.4, 0.5) is 23.2 Å². The molecule has 32 heavy (non-hydrogen) atoms. The van der Waals surface area contributed by atoms with Gasteiger partial charge in [0, 0.05) is 18.3 Å². The molecule has 3 aromatic rings. The number of alkyl halides is 3. The number of amides is 1. The number of nitrogens with one attached hydrogen (secondary N) is 1. The van der Waals surface area contributed by atoms with Crippen LogP contribution in [0.15, 0.2) is 41.7 Å². The third-order valence-electron chi connectivity index (χ3n) is 4.63. The lowest BCUT2D eigenvalue weighted by Gasteiger charge is -2.13. The molecule has 1 aromatic carbocycles. The predicted octanol–water partition coefficient (Wildman–Crippen LogP) is 3.95. The van der Waals surface area contributed by atoms with Crippen molar-refractivity contribution in [3.63, 3.8) is 0 Å². The first-order chi connectivity index (χ1) is 15.1. The van der Waals surface area contributed by atoms with Gasteiger partial charge in [0.2, 0.25) is 0 Å². The molecule has 2 aromatic heterocycles. The van der Waals surface area contributed by atoms with Crippen molar-refractivity contribution in [2.24, 2.45) is 10.7 Å². The quantitative estimate of drug-likeness (QED) is 0.466. The van der Waals surface area contributed by atoms with Crippen molar-refractivity contribution >= 4 is 28.3 Å². The van der Waals surface area contributed by atoms with Gasteiger partial charge in [-0.1, -0.05) is 0 Å². The van der Waals surface area contributed by atoms with Gasteiger partial charge in [0.25, 0.3) is 5.91 Å². The van der Waals surface area contributed by atoms with Gasteiger partial charge in [0.05, 0.1) is 17.3 Å². The van der Waals surface area contributed by atoms with Gasteiger partial charge in [-0.15, -0.1) is 0 Å². The lowest BCUT2D eigenvalue weighted by atomic mass is 10.1. The summed E-state index contributed by atoms with van der Waals surface area (Å²) in [6.07, 6.45) is -1.03. The van der Waals surface area contributed by atoms with E-state index in [1.54, 1.807) is 0 Å². The summed E-state index contributed by atoms with van der Waals surface area (Å²) in [6.45, 7) is 2.92. The minimum absolute atomic E-state index is 0.0212. The molecule has 0 aliphatic carbocycles. The maximum absolute atomic E-state index is 15.1. The molecule has 3 rings (SSSR count). The first-order valence-corrected chi connectivity index (χ1v) is 9.24. The van der Waals surface area contributed by atoms with Crippen LogP contribution in [0.5, 0.6) is 0 Å². The molecule has 7 nitrogen and oxygen atoms in total. The second kappa shape index (κ2) is 8.69. The van der Waals surface area contributed by atoms with E-state index in [-0.39, 0.29) is 44.9 Å². The van der Waals surface area contributed by atoms with Gasteiger partial charge in [-0.2, -0.15) is 13.2 Å². The molecule has 0 atom stereocenters. The molecule has 0 radical (unpaired) electrons. The number of carbonyl (C=O) groups is 1. The molecular weight excluding hydrogens is 428 g/mol. The molecule has 2 heterocycles. The number of hydrogen-bond acceptors (Lipinski definition) is 6. The second-order valence-corrected chi connectivity index (χ2v) is 6.77. The number of rotatable bonds is 4. The zero-order chi connectivity index (χ0) is 23.6. The summed E-state index contributed by atoms with van der Waals surface area (Å²) in [5.41, 5.74) is 4.97. The molecule has 0 spiro atoms. The van der Waals surface area contributed by atoms with Crippen molar-refractivity contribution in [1.82, 2.24) is 15.0 Å². The number of nitrogens with zero attached hydrogens (tertiary/aromatic N) is 4. The second-order valence-electron chi connectivity index (χ2n) is 6.77. The molecule has 0 saturated carbocycles. The fraction of sp³-hybridized carbons (Fsp3) is 0.190. The SMILES string of the molecule is CN=C(C=CN)C(=O)Nc1ccc(-c2ncc3nc(C(F)(F)F)cc(C)c3n2)c(F)c1C. The Morgan fingerprint density at radius 1 is 1.22 bits per heavy atom. The summed E-state index contributed by atoms with van der Waals surface area (Å²) in [5, 5.41) is 2.55. The molecule has 0 bridgehead atoms. The van der Waals surface area contributed by atoms with Crippen LogP contribution in [-0.4, -0.2) is 33.6 Å². The molecule has 0 aliphatic heterocycles. The lowest BCUT2D eigenvalue weighted by Crippen LogP contribution is -2.22. The third kappa shape index (κ3) is 4.41. The maximum Gasteiger partial charge on any atom is 0.433 e. The normalized spacial score (nSPS) is 12.5. The summed E-state index contributed by atoms with van der Waals surface area (Å²) >= 11 is 0. The minimum atomic E-state index is -4.61. The zero-order valence-corrected chi connectivity index (χ0v) is 17.3. The highest BCUT2D eigenvalue weighted by molar-refractivity contribution is 6.47. The van der Waals surface area contributed by atoms with E-state index in [9.17, 15) is 18.0 Å². The largest absolute Gasteiger partial charge is 0.433 e. The molecule has 0 unspecified atom stereocenters. The Kier molecular flexibility index (Phi) is 6.19. The fourth-order valence-electron chi connectivity index (χ4n) is 2.98. The van der Waals surface area contributed by atoms with E-state index < -0.39 is 23.6 Å². The predicted molar refractivity (Wildman–Crippen MR) is 113 cm³/mol. The Labute approximate surface area is 180 Å². The van der Waals surface area contributed by atoms with Crippen LogP contribution >= 0.6 is 0 Å². The summed E-state index contributed by atoms with van der Waals surface area (Å²) in [7, 11) is 1.41. The zero-order valence-electron chi connectivity index (χ0n) is 17.3. The first kappa shape index (κ1) is 22.8. The van der Waals surface area contributed by atoms with Crippen LogP contribution in [-0.2, 0) is 11.0 Å². The number of anilines is 1. The molecule has 166 valence electrons. The van der Waals surface area contributed by atoms with Crippen LogP contribution < -0.4 is 11.1 Å². The van der Waals surface area contributed by atoms with Gasteiger partial charge in [-0.05, 0) is 49.9 Å². The number of hydrogen-bond donors (Lipinski definition) is 2. The molecule has 0 saturated heterocycles. The van der Waals surface area contributed by atoms with Crippen molar-refractivity contribution in [3.05, 3.63) is 59.3 Å². The van der Waals surface area contributed by atoms with Gasteiger partial charge in [0.1, 0.15) is 22.7 Å². The number of aryl methyl sites for hydroxylation is 1. The summed E-state index contributed by atoms with van der Waals surface area (Å²) in [4.78, 5) is 27.8. The first-order valence-electron chi connectivity index (χ1n) is 9.24. The summed E-state index contributed by atoms with van der Waals surface area (Å²) in [6, 6.07) is 3.71. The molecule has 3 N–H and O–H groups in total. The topological polar surface area (TPSA) is 106 Å². The van der Waals surface area contributed by atoms with Crippen LogP contribution in [0.1, 0.15) is 16.8 Å². The van der Waals surface area contributed by atoms with E-state index in [0.717, 1.165) is 18.5 Å². The Morgan fingerprint density at radius 2 is 1.94 bits per heavy atom. The van der Waals surface area contributed by atoms with Gasteiger partial charge < -0.3 is 11.1 Å². The highest BCUT2D eigenvalue weighted by atomic mass is 19.4. The standard InChI is InChI=1S/C21H18F4N6O/c1-10-8-16(21(23,24)25)29-15-9-28-19(31-18(10)15)12-4-5-13(11(2)17(12)22)30-20(32)14(27-3)6-7-26/h4-9H,26H2,1-3H3,(H,30,32). The van der Waals surface area contributed by atoms with Crippen molar-refractivity contribution in [3.8, 4) is 11.4 Å². The van der Waals surface area contributed by atoms with Crippen LogP contribution in [0.3, 0.4) is 0 Å². The number of halogens is 4. The van der Waals surface area contributed by atoms with Gasteiger partial charge >= 0.3 is 6.18 Å². The van der Waals surface area contributed by atoms with E-state index in [2.05, 4.69) is 25.3 Å². The average Bonchev–Trinajstić information content (AvgIpc) is 2.74. The van der Waals surface area contributed by atoms with E-state index in [1.807, 2.05) is 0 Å². The summed E-state index contributed by atoms with van der Waals surface area (Å²) < 4.78 is 54.0. The molecule has 11 heteroatoms. The number of fused-ring (bicyclic) bond motifs is 1. The highest BCUT2D eigenvalue weighted by Gasteiger charge is 2.33. The van der Waals surface area contributed by atoms with Crippen molar-refractivity contribution < 1.29 is 22.4 Å². The van der Waals surface area contributed by atoms with Gasteiger partial charge in [-0.3, -0.25) is 9.79 Å². The Bertz CT molecular complexity index is 1270. The van der Waals surface area contributed by atoms with E-state index in [1.165, 1.54) is 39.1 Å². The third-order valence-corrected chi connectivity index (χ3v) is 4.63. The number of nitrogens with two attached hydrogens (primary N) is 1. The lowest BCUT2D eigenvalue weighted by molar-refractivity contribution is -0.141. The fourth-order valence-corrected chi connectivity index (χ4v) is 2.98. The van der Waals surface area contributed by atoms with Crippen molar-refractivity contribution in [1.29, 1.82) is 0 Å². The highest BCUT2D eigenvalue weighted by Crippen LogP contribution is 2.32. The number of benzene rings is 1. The van der Waals surface area contributed by atoms with Crippen LogP contribution in [0.2, 0.25) is 0 Å². The summed E-state index contributed by atoms with van der Waals surface area (Å²) in [5.74, 6) is -1.29. The Morgan fingerprint density at radius 3 is 2.56 bits per heavy atom. The Balaban J connectivity index is 2.01. The van der Waals surface area contributed by atoms with E-state index in [4.69, 9.17) is 5.73 Å². The maximum atomic E-state index is 15.1. The average molecular weight is 446 g/mol. The van der Waals surface area contributed by atoms with Crippen molar-refractivity contribution in [2.45, 2.75) is 20.0 Å². The molecule has 1 amide bonds. The smallest absolute Gasteiger partial charge is 0.405 e. The number of carbonyl (C=O) groups excluding carboxylic acids is 1. The Hall–Kier alpha value is -3.89. The molecule has 0 fully saturated rings. The number of pyridine rings is 1. The monoisotopic (exact) mass is 446 g/mol. The van der Waals surface area contributed by atoms with Crippen LogP contribution in [0.25, 0.3) is 22.4 Å². The molecular formula is C21H18F4N6O. The van der Waals surface area contributed by atoms with Crippen molar-refractivity contribution in [2.75, 3.05) is 12.4 Å². The van der Waals surface area contributed by atoms with E-state index >= 15 is 4.39 Å².